The summed E-state index contributed by atoms with van der Waals surface area (Å²) in [5.74, 6) is -4.30. The fourth-order valence-corrected chi connectivity index (χ4v) is 8.99. The van der Waals surface area contributed by atoms with Gasteiger partial charge in [0, 0.05) is 70.4 Å². The van der Waals surface area contributed by atoms with E-state index in [-0.39, 0.29) is 97.4 Å². The average Bonchev–Trinajstić information content (AvgIpc) is 3.26. The molecule has 17 heteroatoms. The summed E-state index contributed by atoms with van der Waals surface area (Å²) < 4.78 is 105. The minimum atomic E-state index is -5.17. The molecule has 332 valence electrons. The molecule has 63 heavy (non-hydrogen) atoms. The van der Waals surface area contributed by atoms with Crippen molar-refractivity contribution in [1.29, 1.82) is 0 Å². The summed E-state index contributed by atoms with van der Waals surface area (Å²) in [6.07, 6.45) is -4.98. The third-order valence-electron chi connectivity index (χ3n) is 11.1. The third kappa shape index (κ3) is 10.5. The van der Waals surface area contributed by atoms with Gasteiger partial charge in [0.1, 0.15) is 11.5 Å². The smallest absolute Gasteiger partial charge is 0.418 e. The van der Waals surface area contributed by atoms with Crippen LogP contribution in [0.4, 0.5) is 26.3 Å². The molecule has 2 heterocycles. The number of benzene rings is 4. The molecule has 0 aliphatic carbocycles. The molecular weight excluding hydrogens is 855 g/mol. The molecule has 4 aromatic rings. The molecule has 4 aromatic carbocycles. The third-order valence-corrected chi connectivity index (χ3v) is 12.2. The van der Waals surface area contributed by atoms with E-state index in [1.807, 2.05) is 0 Å². The number of rotatable bonds is 12. The normalized spacial score (nSPS) is 15.6. The molecule has 0 bridgehead atoms. The van der Waals surface area contributed by atoms with Crippen LogP contribution in [0.25, 0.3) is 34.4 Å². The van der Waals surface area contributed by atoms with Gasteiger partial charge >= 0.3 is 24.3 Å². The monoisotopic (exact) mass is 896 g/mol. The molecule has 2 N–H and O–H groups in total. The molecule has 2 amide bonds. The molecule has 2 fully saturated rings. The van der Waals surface area contributed by atoms with E-state index in [9.17, 15) is 29.4 Å². The minimum Gasteiger partial charge on any atom is -0.496 e. The number of para-hydroxylation sites is 2. The van der Waals surface area contributed by atoms with Crippen LogP contribution in [0.5, 0.6) is 11.5 Å². The molecule has 0 spiro atoms. The lowest BCUT2D eigenvalue weighted by Crippen LogP contribution is -2.39. The Hall–Kier alpha value is -6.23. The quantitative estimate of drug-likeness (QED) is 0.105. The van der Waals surface area contributed by atoms with Gasteiger partial charge in [-0.15, -0.1) is 0 Å². The van der Waals surface area contributed by atoms with Crippen LogP contribution >= 0.6 is 11.8 Å². The second kappa shape index (κ2) is 19.4. The summed E-state index contributed by atoms with van der Waals surface area (Å²) in [6.45, 7) is 0.498. The Morgan fingerprint density at radius 1 is 0.587 bits per heavy atom. The zero-order valence-electron chi connectivity index (χ0n) is 34.0. The van der Waals surface area contributed by atoms with Crippen LogP contribution in [0.2, 0.25) is 0 Å². The van der Waals surface area contributed by atoms with Crippen LogP contribution < -0.4 is 9.47 Å². The van der Waals surface area contributed by atoms with Crippen LogP contribution in [0, 0.1) is 11.8 Å². The summed E-state index contributed by atoms with van der Waals surface area (Å²) in [6, 6.07) is 16.2. The summed E-state index contributed by atoms with van der Waals surface area (Å²) >= 11 is 0.240. The number of carboxylic acids is 2. The number of amides is 2. The highest BCUT2D eigenvalue weighted by molar-refractivity contribution is 7.99. The number of alkyl halides is 6. The summed E-state index contributed by atoms with van der Waals surface area (Å²) in [5, 5.41) is 18.7. The lowest BCUT2D eigenvalue weighted by atomic mass is 9.92. The van der Waals surface area contributed by atoms with Crippen LogP contribution in [-0.2, 0) is 31.5 Å². The van der Waals surface area contributed by atoms with Crippen molar-refractivity contribution in [2.24, 2.45) is 11.8 Å². The van der Waals surface area contributed by atoms with Crippen molar-refractivity contribution >= 4 is 47.7 Å². The van der Waals surface area contributed by atoms with Gasteiger partial charge < -0.3 is 29.5 Å². The predicted octanol–water partition coefficient (Wildman–Crippen LogP) is 9.90. The predicted molar refractivity (Wildman–Crippen MR) is 223 cm³/mol. The van der Waals surface area contributed by atoms with Gasteiger partial charge in [0.2, 0.25) is 11.8 Å². The van der Waals surface area contributed by atoms with Crippen LogP contribution in [0.3, 0.4) is 0 Å². The first-order valence-electron chi connectivity index (χ1n) is 19.8. The Labute approximate surface area is 362 Å². The van der Waals surface area contributed by atoms with E-state index in [1.165, 1.54) is 96.8 Å². The number of nitrogens with zero attached hydrogens (tertiary/aromatic N) is 2. The lowest BCUT2D eigenvalue weighted by molar-refractivity contribution is -0.145. The fraction of sp³-hybridized carbons (Fsp3) is 0.304. The van der Waals surface area contributed by atoms with E-state index in [0.29, 0.717) is 0 Å². The van der Waals surface area contributed by atoms with E-state index in [4.69, 9.17) is 9.47 Å². The van der Waals surface area contributed by atoms with Gasteiger partial charge in [-0.1, -0.05) is 60.3 Å². The number of halogens is 6. The molecular formula is C46H42F6N2O8S. The second-order valence-corrected chi connectivity index (χ2v) is 15.9. The van der Waals surface area contributed by atoms with Crippen molar-refractivity contribution < 1.29 is 65.2 Å². The van der Waals surface area contributed by atoms with E-state index < -0.39 is 80.0 Å². The average molecular weight is 897 g/mol. The van der Waals surface area contributed by atoms with Crippen molar-refractivity contribution in [2.75, 3.05) is 40.4 Å². The SMILES string of the molecule is COc1ccccc1-c1c(C=CC(=O)N2CCC(C(=O)O)CC2)ccc(Sc2ccc(C=CC(=O)N3CCC(C(=O)O)CC3)c(-c3ccccc3OC)c2C(F)(F)F)c1C(F)(F)F. The standard InChI is InChI=1S/C46H42F6N2O8S/c1-61-33-9-5-3-7-31(33)39-27(13-17-37(55)53-23-19-29(20-24-53)43(57)58)11-15-35(41(39)45(47,48)49)63-36-16-12-28(14-18-38(56)54-25-21-30(22-26-54)44(59)60)40(42(36)46(50,51)52)32-8-4-6-10-34(32)62-2/h3-18,29-30H,19-26H2,1-2H3,(H,57,58)(H,59,60). The highest BCUT2D eigenvalue weighted by atomic mass is 32.2. The van der Waals surface area contributed by atoms with Crippen LogP contribution in [-0.4, -0.2) is 84.2 Å². The van der Waals surface area contributed by atoms with Gasteiger partial charge in [0.15, 0.2) is 0 Å². The molecule has 0 atom stereocenters. The Balaban J connectivity index is 1.49. The Morgan fingerprint density at radius 3 is 1.25 bits per heavy atom. The molecule has 2 aliphatic heterocycles. The molecule has 0 aromatic heterocycles. The molecule has 10 nitrogen and oxygen atoms in total. The number of hydrogen-bond acceptors (Lipinski definition) is 7. The van der Waals surface area contributed by atoms with Crippen molar-refractivity contribution in [3.8, 4) is 33.8 Å². The minimum absolute atomic E-state index is 0.0215. The number of ether oxygens (including phenoxy) is 2. The summed E-state index contributed by atoms with van der Waals surface area (Å²) in [4.78, 5) is 50.9. The Kier molecular flexibility index (Phi) is 14.3. The maximum absolute atomic E-state index is 15.6. The fourth-order valence-electron chi connectivity index (χ4n) is 7.84. The number of carboxylic acid groups (broad SMARTS) is 2. The zero-order valence-corrected chi connectivity index (χ0v) is 34.8. The van der Waals surface area contributed by atoms with Crippen molar-refractivity contribution in [2.45, 2.75) is 47.8 Å². The molecule has 2 saturated heterocycles. The van der Waals surface area contributed by atoms with Gasteiger partial charge in [-0.25, -0.2) is 0 Å². The zero-order chi connectivity index (χ0) is 45.6. The maximum Gasteiger partial charge on any atom is 0.418 e. The van der Waals surface area contributed by atoms with Gasteiger partial charge in [0.25, 0.3) is 0 Å². The number of piperidine rings is 2. The number of likely N-dealkylation sites (tertiary alicyclic amines) is 2. The highest BCUT2D eigenvalue weighted by Gasteiger charge is 2.42. The molecule has 6 rings (SSSR count). The van der Waals surface area contributed by atoms with E-state index in [1.54, 1.807) is 0 Å². The van der Waals surface area contributed by atoms with E-state index >= 15 is 26.3 Å². The Bertz CT molecular complexity index is 2270. The van der Waals surface area contributed by atoms with Crippen LogP contribution in [0.1, 0.15) is 47.9 Å². The first kappa shape index (κ1) is 46.3. The summed E-state index contributed by atoms with van der Waals surface area (Å²) in [7, 11) is 2.51. The molecule has 0 unspecified atom stereocenters. The number of carbonyl (C=O) groups excluding carboxylic acids is 2. The maximum atomic E-state index is 15.6. The van der Waals surface area contributed by atoms with Crippen molar-refractivity contribution in [3.63, 3.8) is 0 Å². The van der Waals surface area contributed by atoms with E-state index in [0.717, 1.165) is 24.3 Å². The number of methoxy groups -OCH3 is 2. The van der Waals surface area contributed by atoms with Gasteiger partial charge in [0.05, 0.1) is 37.2 Å². The first-order valence-corrected chi connectivity index (χ1v) is 20.6. The number of aliphatic carboxylic acids is 2. The molecule has 0 saturated carbocycles. The van der Waals surface area contributed by atoms with Crippen molar-refractivity contribution in [3.05, 3.63) is 107 Å². The highest BCUT2D eigenvalue weighted by Crippen LogP contribution is 2.52. The lowest BCUT2D eigenvalue weighted by Gasteiger charge is -2.29. The van der Waals surface area contributed by atoms with Crippen LogP contribution in [0.15, 0.2) is 94.7 Å². The Morgan fingerprint density at radius 2 is 0.937 bits per heavy atom. The molecule has 2 aliphatic rings. The molecule has 0 radical (unpaired) electrons. The van der Waals surface area contributed by atoms with Gasteiger partial charge in [-0.2, -0.15) is 26.3 Å². The number of hydrogen-bond donors (Lipinski definition) is 2. The topological polar surface area (TPSA) is 134 Å². The summed E-state index contributed by atoms with van der Waals surface area (Å²) in [5.41, 5.74) is -3.77. The van der Waals surface area contributed by atoms with E-state index in [2.05, 4.69) is 0 Å². The number of carbonyl (C=O) groups is 4. The van der Waals surface area contributed by atoms with Gasteiger partial charge in [-0.05, 0) is 73.2 Å². The van der Waals surface area contributed by atoms with Crippen molar-refractivity contribution in [1.82, 2.24) is 9.80 Å². The first-order chi connectivity index (χ1) is 29.9. The second-order valence-electron chi connectivity index (χ2n) is 14.8. The largest absolute Gasteiger partial charge is 0.496 e. The van der Waals surface area contributed by atoms with Gasteiger partial charge in [-0.3, -0.25) is 19.2 Å².